The lowest BCUT2D eigenvalue weighted by Gasteiger charge is -2.17. The zero-order valence-electron chi connectivity index (χ0n) is 9.16. The highest BCUT2D eigenvalue weighted by molar-refractivity contribution is 5.81. The van der Waals surface area contributed by atoms with E-state index < -0.39 is 6.04 Å². The Balaban J connectivity index is 2.58. The molecule has 1 aromatic heterocycles. The van der Waals surface area contributed by atoms with Crippen molar-refractivity contribution in [2.24, 2.45) is 5.73 Å². The van der Waals surface area contributed by atoms with E-state index in [1.54, 1.807) is 12.4 Å². The molecular formula is C10H18N4O. The van der Waals surface area contributed by atoms with Gasteiger partial charge in [-0.05, 0) is 12.8 Å². The number of nitrogens with one attached hydrogen (secondary N) is 2. The van der Waals surface area contributed by atoms with Crippen molar-refractivity contribution in [3.8, 4) is 0 Å². The first-order chi connectivity index (χ1) is 7.19. The molecule has 1 aromatic rings. The average molecular weight is 210 g/mol. The number of imidazole rings is 1. The average Bonchev–Trinajstić information content (AvgIpc) is 2.77. The molecule has 0 saturated heterocycles. The maximum Gasteiger partial charge on any atom is 0.237 e. The fourth-order valence-electron chi connectivity index (χ4n) is 1.30. The van der Waals surface area contributed by atoms with Gasteiger partial charge < -0.3 is 16.0 Å². The maximum atomic E-state index is 11.6. The molecule has 5 heteroatoms. The van der Waals surface area contributed by atoms with E-state index >= 15 is 0 Å². The second-order valence-corrected chi connectivity index (χ2v) is 3.46. The predicted molar refractivity (Wildman–Crippen MR) is 58.0 cm³/mol. The first kappa shape index (κ1) is 11.7. The van der Waals surface area contributed by atoms with Gasteiger partial charge in [0.1, 0.15) is 5.82 Å². The number of aromatic nitrogens is 2. The molecule has 2 unspecified atom stereocenters. The Hall–Kier alpha value is -1.36. The van der Waals surface area contributed by atoms with Crippen LogP contribution < -0.4 is 11.1 Å². The van der Waals surface area contributed by atoms with Crippen LogP contribution in [0.3, 0.4) is 0 Å². The van der Waals surface area contributed by atoms with Gasteiger partial charge >= 0.3 is 0 Å². The molecule has 4 N–H and O–H groups in total. The highest BCUT2D eigenvalue weighted by Gasteiger charge is 2.18. The Morgan fingerprint density at radius 2 is 2.33 bits per heavy atom. The van der Waals surface area contributed by atoms with E-state index in [4.69, 9.17) is 5.73 Å². The highest BCUT2D eigenvalue weighted by atomic mass is 16.2. The molecule has 0 radical (unpaired) electrons. The number of hydrogen-bond acceptors (Lipinski definition) is 3. The largest absolute Gasteiger partial charge is 0.347 e. The quantitative estimate of drug-likeness (QED) is 0.669. The summed E-state index contributed by atoms with van der Waals surface area (Å²) in [5, 5.41) is 2.86. The summed E-state index contributed by atoms with van der Waals surface area (Å²) in [6.07, 6.45) is 4.84. The summed E-state index contributed by atoms with van der Waals surface area (Å²) in [5.74, 6) is 0.648. The Kier molecular flexibility index (Phi) is 4.30. The number of aromatic amines is 1. The van der Waals surface area contributed by atoms with E-state index in [1.165, 1.54) is 0 Å². The van der Waals surface area contributed by atoms with Crippen LogP contribution in [0.4, 0.5) is 0 Å². The maximum absolute atomic E-state index is 11.6. The Morgan fingerprint density at radius 3 is 2.80 bits per heavy atom. The summed E-state index contributed by atoms with van der Waals surface area (Å²) in [6.45, 7) is 3.88. The minimum atomic E-state index is -0.436. The highest BCUT2D eigenvalue weighted by Crippen LogP contribution is 2.11. The van der Waals surface area contributed by atoms with Crippen molar-refractivity contribution in [1.29, 1.82) is 0 Å². The van der Waals surface area contributed by atoms with Crippen LogP contribution in [-0.4, -0.2) is 21.9 Å². The topological polar surface area (TPSA) is 83.8 Å². The third kappa shape index (κ3) is 3.06. The molecule has 0 saturated carbocycles. The number of nitrogens with zero attached hydrogens (tertiary/aromatic N) is 1. The van der Waals surface area contributed by atoms with E-state index in [0.717, 1.165) is 12.2 Å². The van der Waals surface area contributed by atoms with E-state index in [-0.39, 0.29) is 11.9 Å². The van der Waals surface area contributed by atoms with E-state index in [0.29, 0.717) is 6.42 Å². The van der Waals surface area contributed by atoms with Gasteiger partial charge in [-0.2, -0.15) is 0 Å². The van der Waals surface area contributed by atoms with Gasteiger partial charge in [0.2, 0.25) is 5.91 Å². The third-order valence-electron chi connectivity index (χ3n) is 2.35. The number of carbonyl (C=O) groups excluding carboxylic acids is 1. The summed E-state index contributed by atoms with van der Waals surface area (Å²) in [4.78, 5) is 18.7. The SMILES string of the molecule is CCC(N)C(=O)NC(CC)c1ncc[nH]1. The van der Waals surface area contributed by atoms with Crippen LogP contribution in [0.1, 0.15) is 38.6 Å². The van der Waals surface area contributed by atoms with Crippen LogP contribution in [0.2, 0.25) is 0 Å². The van der Waals surface area contributed by atoms with Gasteiger partial charge in [-0.25, -0.2) is 4.98 Å². The van der Waals surface area contributed by atoms with Crippen molar-refractivity contribution in [2.75, 3.05) is 0 Å². The normalized spacial score (nSPS) is 14.6. The van der Waals surface area contributed by atoms with Crippen molar-refractivity contribution in [2.45, 2.75) is 38.8 Å². The van der Waals surface area contributed by atoms with Crippen molar-refractivity contribution in [1.82, 2.24) is 15.3 Å². The van der Waals surface area contributed by atoms with Crippen molar-refractivity contribution in [3.05, 3.63) is 18.2 Å². The molecule has 1 amide bonds. The van der Waals surface area contributed by atoms with E-state index in [2.05, 4.69) is 15.3 Å². The predicted octanol–water partition coefficient (Wildman–Crippen LogP) is 0.714. The zero-order valence-corrected chi connectivity index (χ0v) is 9.16. The van der Waals surface area contributed by atoms with Crippen LogP contribution >= 0.6 is 0 Å². The van der Waals surface area contributed by atoms with Gasteiger partial charge in [0.15, 0.2) is 0 Å². The molecule has 0 aliphatic carbocycles. The smallest absolute Gasteiger partial charge is 0.237 e. The number of nitrogens with two attached hydrogens (primary N) is 1. The second-order valence-electron chi connectivity index (χ2n) is 3.46. The number of rotatable bonds is 5. The molecule has 0 aromatic carbocycles. The van der Waals surface area contributed by atoms with E-state index in [1.807, 2.05) is 13.8 Å². The van der Waals surface area contributed by atoms with Gasteiger partial charge in [0, 0.05) is 12.4 Å². The second kappa shape index (κ2) is 5.50. The van der Waals surface area contributed by atoms with Crippen molar-refractivity contribution >= 4 is 5.91 Å². The van der Waals surface area contributed by atoms with Crippen LogP contribution in [0, 0.1) is 0 Å². The molecule has 0 aliphatic rings. The van der Waals surface area contributed by atoms with Gasteiger partial charge in [-0.1, -0.05) is 13.8 Å². The first-order valence-corrected chi connectivity index (χ1v) is 5.24. The summed E-state index contributed by atoms with van der Waals surface area (Å²) in [6, 6.07) is -0.515. The van der Waals surface area contributed by atoms with Crippen LogP contribution in [-0.2, 0) is 4.79 Å². The van der Waals surface area contributed by atoms with Crippen molar-refractivity contribution in [3.63, 3.8) is 0 Å². The summed E-state index contributed by atoms with van der Waals surface area (Å²) in [7, 11) is 0. The number of carbonyl (C=O) groups is 1. The Bertz CT molecular complexity index is 296. The van der Waals surface area contributed by atoms with Crippen LogP contribution in [0.5, 0.6) is 0 Å². The standard InChI is InChI=1S/C10H18N4O/c1-3-7(11)10(15)14-8(4-2)9-12-5-6-13-9/h5-8H,3-4,11H2,1-2H3,(H,12,13)(H,14,15). The molecule has 0 spiro atoms. The van der Waals surface area contributed by atoms with E-state index in [9.17, 15) is 4.79 Å². The minimum absolute atomic E-state index is 0.0786. The number of H-pyrrole nitrogens is 1. The van der Waals surface area contributed by atoms with Gasteiger partial charge in [-0.15, -0.1) is 0 Å². The monoisotopic (exact) mass is 210 g/mol. The van der Waals surface area contributed by atoms with Gasteiger partial charge in [0.05, 0.1) is 12.1 Å². The lowest BCUT2D eigenvalue weighted by Crippen LogP contribution is -2.41. The fourth-order valence-corrected chi connectivity index (χ4v) is 1.30. The molecule has 1 heterocycles. The zero-order chi connectivity index (χ0) is 11.3. The lowest BCUT2D eigenvalue weighted by molar-refractivity contribution is -0.123. The number of amides is 1. The van der Waals surface area contributed by atoms with Crippen LogP contribution in [0.15, 0.2) is 12.4 Å². The molecule has 0 bridgehead atoms. The van der Waals surface area contributed by atoms with Gasteiger partial charge in [-0.3, -0.25) is 4.79 Å². The summed E-state index contributed by atoms with van der Waals surface area (Å²) >= 11 is 0. The third-order valence-corrected chi connectivity index (χ3v) is 2.35. The summed E-state index contributed by atoms with van der Waals surface area (Å²) < 4.78 is 0. The summed E-state index contributed by atoms with van der Waals surface area (Å²) in [5.41, 5.74) is 5.63. The lowest BCUT2D eigenvalue weighted by atomic mass is 10.1. The first-order valence-electron chi connectivity index (χ1n) is 5.24. The van der Waals surface area contributed by atoms with Gasteiger partial charge in [0.25, 0.3) is 0 Å². The molecule has 5 nitrogen and oxygen atoms in total. The molecule has 0 fully saturated rings. The molecule has 15 heavy (non-hydrogen) atoms. The Labute approximate surface area is 89.5 Å². The number of hydrogen-bond donors (Lipinski definition) is 3. The molecule has 84 valence electrons. The fraction of sp³-hybridized carbons (Fsp3) is 0.600. The minimum Gasteiger partial charge on any atom is -0.347 e. The molecular weight excluding hydrogens is 192 g/mol. The molecule has 0 aliphatic heterocycles. The Morgan fingerprint density at radius 1 is 1.60 bits per heavy atom. The molecule has 2 atom stereocenters. The van der Waals surface area contributed by atoms with Crippen LogP contribution in [0.25, 0.3) is 0 Å². The molecule has 1 rings (SSSR count). The van der Waals surface area contributed by atoms with Crippen molar-refractivity contribution < 1.29 is 4.79 Å².